The molecule has 0 spiro atoms. The van der Waals surface area contributed by atoms with Gasteiger partial charge in [0.05, 0.1) is 23.5 Å². The molecule has 0 atom stereocenters. The number of nitrogens with one attached hydrogen (secondary N) is 1. The molecule has 5 heterocycles. The highest BCUT2D eigenvalue weighted by Gasteiger charge is 2.18. The molecule has 0 aliphatic heterocycles. The molecule has 5 aromatic heterocycles. The smallest absolute Gasteiger partial charge is 0.165 e. The standard InChI is InChI=1S/C13H15ClN6.C7H10N2O.C6H9ClN4/c1-4-19-12(9-6-17-20(5-2)8(9)3)18-10-11(14)15-7-16-13(10)19;1-3-9-6(2)7(5-10)4-8-9;1-2-9-6-4(8)5(7)10-3-11-6/h6-7H,4-5H2,1-3H3;4-5H,3H2,1-2H3;3H,2,8H2,1H3,(H,9,10,11). The van der Waals surface area contributed by atoms with E-state index in [1.807, 2.05) is 43.1 Å². The summed E-state index contributed by atoms with van der Waals surface area (Å²) in [5, 5.41) is 12.0. The summed E-state index contributed by atoms with van der Waals surface area (Å²) in [7, 11) is 0. The molecule has 5 rings (SSSR count). The lowest BCUT2D eigenvalue weighted by Gasteiger charge is -2.05. The van der Waals surface area contributed by atoms with Gasteiger partial charge in [-0.15, -0.1) is 0 Å². The molecule has 0 aliphatic rings. The van der Waals surface area contributed by atoms with E-state index >= 15 is 0 Å². The Morgan fingerprint density at radius 1 is 0.878 bits per heavy atom. The van der Waals surface area contributed by atoms with Gasteiger partial charge >= 0.3 is 0 Å². The van der Waals surface area contributed by atoms with Gasteiger partial charge < -0.3 is 15.6 Å². The predicted molar refractivity (Wildman–Crippen MR) is 161 cm³/mol. The zero-order chi connectivity index (χ0) is 30.1. The maximum absolute atomic E-state index is 10.3. The van der Waals surface area contributed by atoms with Crippen LogP contribution in [0.4, 0.5) is 11.5 Å². The number of hydrogen-bond acceptors (Lipinski definition) is 10. The number of fused-ring (bicyclic) bond motifs is 1. The topological polar surface area (TPSA) is 160 Å². The fraction of sp³-hybridized carbons (Fsp3) is 0.385. The van der Waals surface area contributed by atoms with Crippen LogP contribution >= 0.6 is 23.2 Å². The summed E-state index contributed by atoms with van der Waals surface area (Å²) >= 11 is 11.7. The third kappa shape index (κ3) is 6.98. The SMILES string of the molecule is CCNc1ncnc(Cl)c1N.CCn1ncc(-c2nc3c(Cl)ncnc3n2CC)c1C.CCn1ncc(C=O)c1C. The van der Waals surface area contributed by atoms with Crippen molar-refractivity contribution in [1.29, 1.82) is 0 Å². The average Bonchev–Trinajstić information content (AvgIpc) is 3.66. The van der Waals surface area contributed by atoms with Crippen molar-refractivity contribution >= 4 is 52.2 Å². The highest BCUT2D eigenvalue weighted by atomic mass is 35.5. The Labute approximate surface area is 248 Å². The average molecular weight is 602 g/mol. The maximum Gasteiger partial charge on any atom is 0.165 e. The molecule has 5 aromatic rings. The zero-order valence-electron chi connectivity index (χ0n) is 23.9. The van der Waals surface area contributed by atoms with Crippen molar-refractivity contribution in [3.63, 3.8) is 0 Å². The molecule has 15 heteroatoms. The van der Waals surface area contributed by atoms with Gasteiger partial charge in [-0.3, -0.25) is 14.2 Å². The van der Waals surface area contributed by atoms with Gasteiger partial charge in [-0.25, -0.2) is 24.9 Å². The van der Waals surface area contributed by atoms with E-state index in [2.05, 4.69) is 54.3 Å². The van der Waals surface area contributed by atoms with Crippen LogP contribution in [-0.4, -0.2) is 61.9 Å². The minimum absolute atomic E-state index is 0.288. The number of carbonyl (C=O) groups excluding carboxylic acids is 1. The van der Waals surface area contributed by atoms with Gasteiger partial charge in [0.2, 0.25) is 0 Å². The van der Waals surface area contributed by atoms with Crippen LogP contribution in [0.25, 0.3) is 22.6 Å². The molecule has 0 saturated carbocycles. The molecule has 218 valence electrons. The van der Waals surface area contributed by atoms with E-state index in [0.717, 1.165) is 60.9 Å². The number of nitrogen functional groups attached to an aromatic ring is 1. The number of rotatable bonds is 7. The molecule has 0 bridgehead atoms. The van der Waals surface area contributed by atoms with Crippen LogP contribution < -0.4 is 11.1 Å². The van der Waals surface area contributed by atoms with Crippen LogP contribution in [0, 0.1) is 13.8 Å². The van der Waals surface area contributed by atoms with Gasteiger partial charge in [0.1, 0.15) is 29.7 Å². The van der Waals surface area contributed by atoms with E-state index in [4.69, 9.17) is 28.9 Å². The lowest BCUT2D eigenvalue weighted by Crippen LogP contribution is -2.04. The van der Waals surface area contributed by atoms with Crippen molar-refractivity contribution in [2.75, 3.05) is 17.6 Å². The molecule has 0 amide bonds. The van der Waals surface area contributed by atoms with Crippen molar-refractivity contribution in [3.8, 4) is 11.4 Å². The van der Waals surface area contributed by atoms with Crippen LogP contribution in [0.2, 0.25) is 10.3 Å². The monoisotopic (exact) mass is 600 g/mol. The fourth-order valence-electron chi connectivity index (χ4n) is 3.98. The number of aromatic nitrogens is 10. The minimum atomic E-state index is 0.288. The third-order valence-corrected chi connectivity index (χ3v) is 6.77. The third-order valence-electron chi connectivity index (χ3n) is 6.19. The number of nitrogens with two attached hydrogens (primary N) is 1. The van der Waals surface area contributed by atoms with Crippen molar-refractivity contribution in [1.82, 2.24) is 49.0 Å². The molecular formula is C26H34Cl2N12O. The Kier molecular flexibility index (Phi) is 11.1. The second-order valence-corrected chi connectivity index (χ2v) is 9.27. The zero-order valence-corrected chi connectivity index (χ0v) is 25.4. The van der Waals surface area contributed by atoms with Crippen LogP contribution in [-0.2, 0) is 19.6 Å². The number of halogens is 2. The molecule has 0 fully saturated rings. The second-order valence-electron chi connectivity index (χ2n) is 8.55. The molecular weight excluding hydrogens is 567 g/mol. The molecule has 0 saturated heterocycles. The highest BCUT2D eigenvalue weighted by molar-refractivity contribution is 6.33. The van der Waals surface area contributed by atoms with Crippen molar-refractivity contribution in [2.24, 2.45) is 0 Å². The van der Waals surface area contributed by atoms with Gasteiger partial charge in [-0.05, 0) is 41.5 Å². The number of nitrogens with zero attached hydrogens (tertiary/aromatic N) is 10. The van der Waals surface area contributed by atoms with Gasteiger partial charge in [0.25, 0.3) is 0 Å². The first-order valence-electron chi connectivity index (χ1n) is 13.1. The Morgan fingerprint density at radius 3 is 2.07 bits per heavy atom. The summed E-state index contributed by atoms with van der Waals surface area (Å²) in [5.74, 6) is 1.43. The molecule has 41 heavy (non-hydrogen) atoms. The van der Waals surface area contributed by atoms with E-state index < -0.39 is 0 Å². The van der Waals surface area contributed by atoms with Crippen LogP contribution in [0.1, 0.15) is 49.4 Å². The van der Waals surface area contributed by atoms with E-state index in [9.17, 15) is 4.79 Å². The Hall–Kier alpha value is -4.10. The predicted octanol–water partition coefficient (Wildman–Crippen LogP) is 4.86. The van der Waals surface area contributed by atoms with E-state index in [1.54, 1.807) is 10.9 Å². The van der Waals surface area contributed by atoms with E-state index in [0.29, 0.717) is 27.7 Å². The Balaban J connectivity index is 0.000000187. The number of anilines is 2. The van der Waals surface area contributed by atoms with Crippen LogP contribution in [0.15, 0.2) is 25.0 Å². The quantitative estimate of drug-likeness (QED) is 0.195. The molecule has 0 unspecified atom stereocenters. The lowest BCUT2D eigenvalue weighted by molar-refractivity contribution is 0.112. The minimum Gasteiger partial charge on any atom is -0.393 e. The van der Waals surface area contributed by atoms with Crippen molar-refractivity contribution < 1.29 is 4.79 Å². The first kappa shape index (κ1) is 31.4. The maximum atomic E-state index is 10.3. The fourth-order valence-corrected chi connectivity index (χ4v) is 4.28. The summed E-state index contributed by atoms with van der Waals surface area (Å²) < 4.78 is 5.78. The van der Waals surface area contributed by atoms with E-state index in [1.165, 1.54) is 12.7 Å². The van der Waals surface area contributed by atoms with Crippen molar-refractivity contribution in [3.05, 3.63) is 52.3 Å². The Bertz CT molecular complexity index is 1610. The molecule has 0 aliphatic carbocycles. The first-order chi connectivity index (χ1) is 19.7. The first-order valence-corrected chi connectivity index (χ1v) is 13.8. The number of carbonyl (C=O) groups is 1. The van der Waals surface area contributed by atoms with Gasteiger partial charge in [-0.1, -0.05) is 23.2 Å². The summed E-state index contributed by atoms with van der Waals surface area (Å²) in [5.41, 5.74) is 11.0. The number of imidazole rings is 1. The number of aryl methyl sites for hydroxylation is 3. The molecule has 0 aromatic carbocycles. The van der Waals surface area contributed by atoms with Gasteiger partial charge in [-0.2, -0.15) is 10.2 Å². The largest absolute Gasteiger partial charge is 0.393 e. The summed E-state index contributed by atoms with van der Waals surface area (Å²) in [6.07, 6.45) is 7.09. The number of aldehydes is 1. The Morgan fingerprint density at radius 2 is 1.51 bits per heavy atom. The van der Waals surface area contributed by atoms with Crippen LogP contribution in [0.3, 0.4) is 0 Å². The van der Waals surface area contributed by atoms with Crippen LogP contribution in [0.5, 0.6) is 0 Å². The van der Waals surface area contributed by atoms with E-state index in [-0.39, 0.29) is 5.15 Å². The summed E-state index contributed by atoms with van der Waals surface area (Å²) in [6.45, 7) is 15.2. The van der Waals surface area contributed by atoms with Gasteiger partial charge in [0.15, 0.2) is 28.1 Å². The highest BCUT2D eigenvalue weighted by Crippen LogP contribution is 2.28. The molecule has 0 radical (unpaired) electrons. The summed E-state index contributed by atoms with van der Waals surface area (Å²) in [6, 6.07) is 0. The number of hydrogen-bond donors (Lipinski definition) is 2. The molecule has 3 N–H and O–H groups in total. The van der Waals surface area contributed by atoms with Gasteiger partial charge in [0, 0.05) is 37.6 Å². The summed E-state index contributed by atoms with van der Waals surface area (Å²) in [4.78, 5) is 30.8. The molecule has 13 nitrogen and oxygen atoms in total. The second kappa shape index (κ2) is 14.5. The lowest BCUT2D eigenvalue weighted by atomic mass is 10.2. The van der Waals surface area contributed by atoms with Crippen molar-refractivity contribution in [2.45, 2.75) is 61.2 Å². The normalized spacial score (nSPS) is 10.5.